The lowest BCUT2D eigenvalue weighted by Gasteiger charge is -2.24. The Balaban J connectivity index is 1.77. The molecule has 4 rings (SSSR count). The number of anilines is 1. The van der Waals surface area contributed by atoms with E-state index < -0.39 is 0 Å². The second-order valence-electron chi connectivity index (χ2n) is 6.34. The van der Waals surface area contributed by atoms with Gasteiger partial charge in [-0.15, -0.1) is 0 Å². The Bertz CT molecular complexity index is 901. The SMILES string of the molecule is Cc1ccc([C@@H]2CC(c3ccccc3Cl)=NN2c2ccccc2)cc1. The number of rotatable bonds is 3. The van der Waals surface area contributed by atoms with Gasteiger partial charge in [0.25, 0.3) is 0 Å². The molecule has 0 saturated heterocycles. The zero-order chi connectivity index (χ0) is 17.2. The van der Waals surface area contributed by atoms with Crippen LogP contribution in [0.2, 0.25) is 5.02 Å². The van der Waals surface area contributed by atoms with Crippen LogP contribution < -0.4 is 5.01 Å². The molecule has 0 fully saturated rings. The van der Waals surface area contributed by atoms with Crippen molar-refractivity contribution >= 4 is 23.0 Å². The molecule has 0 amide bonds. The van der Waals surface area contributed by atoms with Crippen LogP contribution in [-0.4, -0.2) is 5.71 Å². The van der Waals surface area contributed by atoms with E-state index in [1.165, 1.54) is 11.1 Å². The van der Waals surface area contributed by atoms with Gasteiger partial charge in [-0.1, -0.05) is 77.8 Å². The molecule has 0 N–H and O–H groups in total. The molecule has 25 heavy (non-hydrogen) atoms. The number of aryl methyl sites for hydroxylation is 1. The molecule has 3 heteroatoms. The van der Waals surface area contributed by atoms with Crippen molar-refractivity contribution in [2.75, 3.05) is 5.01 Å². The molecule has 0 bridgehead atoms. The fourth-order valence-electron chi connectivity index (χ4n) is 3.24. The van der Waals surface area contributed by atoms with Crippen LogP contribution in [0.3, 0.4) is 0 Å². The Morgan fingerprint density at radius 2 is 1.56 bits per heavy atom. The first kappa shape index (κ1) is 15.9. The number of para-hydroxylation sites is 1. The van der Waals surface area contributed by atoms with Crippen LogP contribution in [0.15, 0.2) is 84.0 Å². The first-order valence-corrected chi connectivity index (χ1v) is 8.83. The number of hydrogen-bond acceptors (Lipinski definition) is 2. The highest BCUT2D eigenvalue weighted by Crippen LogP contribution is 2.37. The molecule has 1 aliphatic rings. The molecule has 1 atom stereocenters. The average Bonchev–Trinajstić information content (AvgIpc) is 3.08. The summed E-state index contributed by atoms with van der Waals surface area (Å²) < 4.78 is 0. The molecule has 0 radical (unpaired) electrons. The van der Waals surface area contributed by atoms with Crippen molar-refractivity contribution in [3.05, 3.63) is 101 Å². The van der Waals surface area contributed by atoms with E-state index in [1.807, 2.05) is 42.5 Å². The third-order valence-electron chi connectivity index (χ3n) is 4.58. The van der Waals surface area contributed by atoms with E-state index in [0.717, 1.165) is 28.4 Å². The van der Waals surface area contributed by atoms with Gasteiger partial charge < -0.3 is 0 Å². The Labute approximate surface area is 153 Å². The van der Waals surface area contributed by atoms with Crippen LogP contribution in [0.1, 0.15) is 29.2 Å². The first-order valence-electron chi connectivity index (χ1n) is 8.45. The molecule has 0 aromatic heterocycles. The summed E-state index contributed by atoms with van der Waals surface area (Å²) in [4.78, 5) is 0. The van der Waals surface area contributed by atoms with Crippen molar-refractivity contribution in [3.8, 4) is 0 Å². The molecule has 124 valence electrons. The largest absolute Gasteiger partial charge is 0.257 e. The second-order valence-corrected chi connectivity index (χ2v) is 6.74. The van der Waals surface area contributed by atoms with Gasteiger partial charge in [0, 0.05) is 17.0 Å². The maximum atomic E-state index is 6.41. The highest BCUT2D eigenvalue weighted by atomic mass is 35.5. The molecule has 0 saturated carbocycles. The Morgan fingerprint density at radius 3 is 2.28 bits per heavy atom. The minimum Gasteiger partial charge on any atom is -0.257 e. The molecule has 0 aliphatic carbocycles. The smallest absolute Gasteiger partial charge is 0.0831 e. The van der Waals surface area contributed by atoms with Crippen LogP contribution in [0.5, 0.6) is 0 Å². The fraction of sp³-hybridized carbons (Fsp3) is 0.136. The van der Waals surface area contributed by atoms with Crippen molar-refractivity contribution in [1.82, 2.24) is 0 Å². The van der Waals surface area contributed by atoms with Crippen molar-refractivity contribution < 1.29 is 0 Å². The van der Waals surface area contributed by atoms with E-state index in [2.05, 4.69) is 48.3 Å². The molecule has 2 nitrogen and oxygen atoms in total. The molecule has 0 unspecified atom stereocenters. The summed E-state index contributed by atoms with van der Waals surface area (Å²) in [6, 6.07) is 27.1. The summed E-state index contributed by atoms with van der Waals surface area (Å²) in [5.41, 5.74) is 5.66. The van der Waals surface area contributed by atoms with E-state index in [0.29, 0.717) is 0 Å². The average molecular weight is 347 g/mol. The summed E-state index contributed by atoms with van der Waals surface area (Å²) in [6.07, 6.45) is 0.835. The van der Waals surface area contributed by atoms with E-state index >= 15 is 0 Å². The summed E-state index contributed by atoms with van der Waals surface area (Å²) in [6.45, 7) is 2.11. The Kier molecular flexibility index (Phi) is 4.29. The van der Waals surface area contributed by atoms with Gasteiger partial charge in [-0.05, 0) is 30.7 Å². The molecule has 3 aromatic rings. The highest BCUT2D eigenvalue weighted by Gasteiger charge is 2.30. The summed E-state index contributed by atoms with van der Waals surface area (Å²) >= 11 is 6.41. The van der Waals surface area contributed by atoms with Gasteiger partial charge in [-0.25, -0.2) is 0 Å². The lowest BCUT2D eigenvalue weighted by Crippen LogP contribution is -2.18. The minimum atomic E-state index is 0.175. The van der Waals surface area contributed by atoms with Crippen molar-refractivity contribution in [1.29, 1.82) is 0 Å². The fourth-order valence-corrected chi connectivity index (χ4v) is 3.48. The Hall–Kier alpha value is -2.58. The molecular weight excluding hydrogens is 328 g/mol. The predicted molar refractivity (Wildman–Crippen MR) is 105 cm³/mol. The van der Waals surface area contributed by atoms with E-state index in [-0.39, 0.29) is 6.04 Å². The van der Waals surface area contributed by atoms with Crippen molar-refractivity contribution in [2.24, 2.45) is 5.10 Å². The number of benzene rings is 3. The van der Waals surface area contributed by atoms with Gasteiger partial charge in [-0.3, -0.25) is 5.01 Å². The third-order valence-corrected chi connectivity index (χ3v) is 4.91. The van der Waals surface area contributed by atoms with E-state index in [9.17, 15) is 0 Å². The van der Waals surface area contributed by atoms with Crippen LogP contribution in [0.4, 0.5) is 5.69 Å². The van der Waals surface area contributed by atoms with Gasteiger partial charge in [0.2, 0.25) is 0 Å². The van der Waals surface area contributed by atoms with Gasteiger partial charge in [0.15, 0.2) is 0 Å². The maximum Gasteiger partial charge on any atom is 0.0831 e. The first-order chi connectivity index (χ1) is 12.2. The van der Waals surface area contributed by atoms with Gasteiger partial charge >= 0.3 is 0 Å². The van der Waals surface area contributed by atoms with Crippen LogP contribution in [0.25, 0.3) is 0 Å². The van der Waals surface area contributed by atoms with Gasteiger partial charge in [0.05, 0.1) is 17.4 Å². The summed E-state index contributed by atoms with van der Waals surface area (Å²) in [7, 11) is 0. The van der Waals surface area contributed by atoms with E-state index in [1.54, 1.807) is 0 Å². The number of nitrogens with zero attached hydrogens (tertiary/aromatic N) is 2. The predicted octanol–water partition coefficient (Wildman–Crippen LogP) is 6.00. The van der Waals surface area contributed by atoms with Gasteiger partial charge in [0.1, 0.15) is 0 Å². The summed E-state index contributed by atoms with van der Waals surface area (Å²) in [5, 5.41) is 7.80. The second kappa shape index (κ2) is 6.73. The minimum absolute atomic E-state index is 0.175. The maximum absolute atomic E-state index is 6.41. The highest BCUT2D eigenvalue weighted by molar-refractivity contribution is 6.34. The number of hydrogen-bond donors (Lipinski definition) is 0. The molecular formula is C22H19ClN2. The molecule has 3 aromatic carbocycles. The zero-order valence-electron chi connectivity index (χ0n) is 14.1. The number of hydrazone groups is 1. The van der Waals surface area contributed by atoms with E-state index in [4.69, 9.17) is 16.7 Å². The van der Waals surface area contributed by atoms with Crippen molar-refractivity contribution in [3.63, 3.8) is 0 Å². The normalized spacial score (nSPS) is 16.8. The summed E-state index contributed by atoms with van der Waals surface area (Å²) in [5.74, 6) is 0. The molecule has 0 spiro atoms. The quantitative estimate of drug-likeness (QED) is 0.567. The van der Waals surface area contributed by atoms with Crippen molar-refractivity contribution in [2.45, 2.75) is 19.4 Å². The standard InChI is InChI=1S/C22H19ClN2/c1-16-11-13-17(14-12-16)22-15-21(19-9-5-6-10-20(19)23)24-25(22)18-7-3-2-4-8-18/h2-14,22H,15H2,1H3/t22-/m0/s1. The lowest BCUT2D eigenvalue weighted by molar-refractivity contribution is 0.709. The van der Waals surface area contributed by atoms with Crippen LogP contribution in [-0.2, 0) is 0 Å². The topological polar surface area (TPSA) is 15.6 Å². The zero-order valence-corrected chi connectivity index (χ0v) is 14.8. The molecule has 1 heterocycles. The van der Waals surface area contributed by atoms with Gasteiger partial charge in [-0.2, -0.15) is 5.10 Å². The third kappa shape index (κ3) is 3.18. The lowest BCUT2D eigenvalue weighted by atomic mass is 9.97. The Morgan fingerprint density at radius 1 is 0.880 bits per heavy atom. The monoisotopic (exact) mass is 346 g/mol. The van der Waals surface area contributed by atoms with Crippen LogP contribution in [0, 0.1) is 6.92 Å². The number of halogens is 1. The van der Waals surface area contributed by atoms with Crippen LogP contribution >= 0.6 is 11.6 Å². The molecule has 1 aliphatic heterocycles.